The van der Waals surface area contributed by atoms with Crippen LogP contribution in [0.5, 0.6) is 0 Å². The first-order chi connectivity index (χ1) is 17.8. The van der Waals surface area contributed by atoms with Gasteiger partial charge in [0.05, 0.1) is 12.1 Å². The summed E-state index contributed by atoms with van der Waals surface area (Å²) in [6, 6.07) is -2.42. The van der Waals surface area contributed by atoms with Crippen LogP contribution in [0.2, 0.25) is 0 Å². The number of hydrogen-bond acceptors (Lipinski definition) is 8. The molecule has 0 unspecified atom stereocenters. The van der Waals surface area contributed by atoms with Gasteiger partial charge in [0, 0.05) is 35.5 Å². The summed E-state index contributed by atoms with van der Waals surface area (Å²) in [5, 5.41) is 21.9. The third-order valence-electron chi connectivity index (χ3n) is 5.60. The second kappa shape index (κ2) is 17.6. The summed E-state index contributed by atoms with van der Waals surface area (Å²) in [4.78, 5) is 50.6. The van der Waals surface area contributed by atoms with Gasteiger partial charge in [-0.25, -0.2) is 4.79 Å². The van der Waals surface area contributed by atoms with Crippen LogP contribution in [0.15, 0.2) is 12.2 Å². The molecule has 0 aromatic carbocycles. The Hall–Kier alpha value is -1.92. The zero-order valence-electron chi connectivity index (χ0n) is 23.5. The molecule has 4 amide bonds. The summed E-state index contributed by atoms with van der Waals surface area (Å²) in [7, 11) is 0. The highest BCUT2D eigenvalue weighted by Gasteiger charge is 2.30. The van der Waals surface area contributed by atoms with Crippen LogP contribution in [-0.2, 0) is 19.1 Å². The maximum absolute atomic E-state index is 13.0. The van der Waals surface area contributed by atoms with Crippen LogP contribution >= 0.6 is 23.5 Å². The molecule has 1 aliphatic heterocycles. The molecule has 0 aromatic heterocycles. The van der Waals surface area contributed by atoms with Crippen LogP contribution in [0, 0.1) is 5.92 Å². The number of carbonyl (C=O) groups excluding carboxylic acids is 4. The van der Waals surface area contributed by atoms with E-state index in [9.17, 15) is 24.3 Å². The largest absolute Gasteiger partial charge is 0.444 e. The Labute approximate surface area is 235 Å². The molecule has 0 spiro atoms. The number of nitrogens with one attached hydrogen (secondary N) is 4. The fourth-order valence-electron chi connectivity index (χ4n) is 3.42. The Kier molecular flexibility index (Phi) is 15.8. The highest BCUT2D eigenvalue weighted by atomic mass is 32.2. The Morgan fingerprint density at radius 2 is 1.76 bits per heavy atom. The minimum absolute atomic E-state index is 0.127. The summed E-state index contributed by atoms with van der Waals surface area (Å²) in [6.07, 6.45) is 4.37. The molecule has 1 heterocycles. The van der Waals surface area contributed by atoms with E-state index in [4.69, 9.17) is 4.74 Å². The molecule has 0 saturated heterocycles. The van der Waals surface area contributed by atoms with Gasteiger partial charge in [-0.05, 0) is 40.5 Å². The van der Waals surface area contributed by atoms with Gasteiger partial charge in [0.2, 0.25) is 17.7 Å². The smallest absolute Gasteiger partial charge is 0.408 e. The van der Waals surface area contributed by atoms with Crippen LogP contribution in [0.1, 0.15) is 60.8 Å². The fraction of sp³-hybridized carbons (Fsp3) is 0.769. The van der Waals surface area contributed by atoms with Crippen molar-refractivity contribution in [2.75, 3.05) is 29.6 Å². The van der Waals surface area contributed by atoms with Crippen molar-refractivity contribution in [1.82, 2.24) is 21.3 Å². The average molecular weight is 575 g/mol. The van der Waals surface area contributed by atoms with E-state index >= 15 is 0 Å². The van der Waals surface area contributed by atoms with Crippen LogP contribution < -0.4 is 21.3 Å². The topological polar surface area (TPSA) is 146 Å². The Bertz CT molecular complexity index is 805. The summed E-state index contributed by atoms with van der Waals surface area (Å²) in [5.41, 5.74) is -0.718. The van der Waals surface area contributed by atoms with E-state index in [1.165, 1.54) is 11.8 Å². The third-order valence-corrected chi connectivity index (χ3v) is 7.62. The summed E-state index contributed by atoms with van der Waals surface area (Å²) in [6.45, 7) is 11.1. The van der Waals surface area contributed by atoms with Crippen molar-refractivity contribution >= 4 is 47.3 Å². The molecule has 12 heteroatoms. The molecule has 5 atom stereocenters. The minimum Gasteiger partial charge on any atom is -0.444 e. The third kappa shape index (κ3) is 14.3. The Morgan fingerprint density at radius 1 is 1.13 bits per heavy atom. The van der Waals surface area contributed by atoms with Gasteiger partial charge >= 0.3 is 6.09 Å². The molecule has 1 rings (SSSR count). The van der Waals surface area contributed by atoms with Crippen molar-refractivity contribution in [3.63, 3.8) is 0 Å². The number of ether oxygens (including phenoxy) is 1. The van der Waals surface area contributed by atoms with E-state index in [2.05, 4.69) is 21.3 Å². The minimum atomic E-state index is -0.946. The fourth-order valence-corrected chi connectivity index (χ4v) is 5.26. The maximum Gasteiger partial charge on any atom is 0.408 e. The number of alkyl carbamates (subject to hydrolysis) is 1. The maximum atomic E-state index is 13.0. The summed E-state index contributed by atoms with van der Waals surface area (Å²) >= 11 is 3.03. The SMILES string of the molecule is CCCCNC(=O)[C@H](C)C[C@H](O)[C@@H]1CSC/C=C/CSC[C@H](NC(=O)OC(C)(C)C)C(=O)N[C@@H](C)C(=O)N1. The van der Waals surface area contributed by atoms with E-state index in [-0.39, 0.29) is 12.3 Å². The summed E-state index contributed by atoms with van der Waals surface area (Å²) < 4.78 is 5.29. The number of hydrogen-bond donors (Lipinski definition) is 5. The molecule has 10 nitrogen and oxygen atoms in total. The quantitative estimate of drug-likeness (QED) is 0.219. The number of amides is 4. The molecular weight excluding hydrogens is 528 g/mol. The molecule has 5 N–H and O–H groups in total. The van der Waals surface area contributed by atoms with Gasteiger partial charge in [-0.1, -0.05) is 32.4 Å². The standard InChI is InChI=1S/C26H46N4O6S2/c1-7-8-11-27-22(32)17(2)14-21(31)19-15-37-12-9-10-13-38-16-20(30-25(35)36-26(4,5)6)24(34)28-18(3)23(33)29-19/h9-10,17-21,31H,7-8,11-16H2,1-6H3,(H,27,32)(H,28,34)(H,29,33)(H,30,35)/b10-9+/t17-,18+,19+,20+,21+/m1/s1. The van der Waals surface area contributed by atoms with E-state index in [0.29, 0.717) is 29.6 Å². The predicted molar refractivity (Wildman–Crippen MR) is 154 cm³/mol. The van der Waals surface area contributed by atoms with Crippen molar-refractivity contribution in [3.8, 4) is 0 Å². The van der Waals surface area contributed by atoms with Gasteiger partial charge in [0.15, 0.2) is 0 Å². The lowest BCUT2D eigenvalue weighted by atomic mass is 9.98. The van der Waals surface area contributed by atoms with Gasteiger partial charge in [0.1, 0.15) is 17.7 Å². The van der Waals surface area contributed by atoms with Crippen molar-refractivity contribution in [2.24, 2.45) is 5.92 Å². The van der Waals surface area contributed by atoms with Crippen molar-refractivity contribution in [1.29, 1.82) is 0 Å². The zero-order valence-corrected chi connectivity index (χ0v) is 25.1. The first-order valence-electron chi connectivity index (χ1n) is 13.2. The number of aliphatic hydroxyl groups is 1. The monoisotopic (exact) mass is 574 g/mol. The second-order valence-corrected chi connectivity index (χ2v) is 12.6. The van der Waals surface area contributed by atoms with E-state index in [0.717, 1.165) is 12.8 Å². The lowest BCUT2D eigenvalue weighted by molar-refractivity contribution is -0.130. The van der Waals surface area contributed by atoms with Crippen LogP contribution in [0.25, 0.3) is 0 Å². The molecule has 0 saturated carbocycles. The zero-order chi connectivity index (χ0) is 28.7. The van der Waals surface area contributed by atoms with Gasteiger partial charge < -0.3 is 31.1 Å². The second-order valence-electron chi connectivity index (χ2n) is 10.4. The highest BCUT2D eigenvalue weighted by Crippen LogP contribution is 2.15. The number of rotatable bonds is 8. The first kappa shape index (κ1) is 34.1. The molecule has 0 aromatic rings. The van der Waals surface area contributed by atoms with Crippen LogP contribution in [0.3, 0.4) is 0 Å². The normalized spacial score (nSPS) is 24.4. The molecule has 0 radical (unpaired) electrons. The van der Waals surface area contributed by atoms with Crippen molar-refractivity contribution < 1.29 is 29.0 Å². The van der Waals surface area contributed by atoms with E-state index < -0.39 is 53.7 Å². The van der Waals surface area contributed by atoms with Gasteiger partial charge in [-0.15, -0.1) is 0 Å². The van der Waals surface area contributed by atoms with Gasteiger partial charge in [-0.3, -0.25) is 14.4 Å². The van der Waals surface area contributed by atoms with Crippen molar-refractivity contribution in [2.45, 2.75) is 90.6 Å². The number of thioether (sulfide) groups is 2. The van der Waals surface area contributed by atoms with Gasteiger partial charge in [0.25, 0.3) is 0 Å². The summed E-state index contributed by atoms with van der Waals surface area (Å²) in [5.74, 6) is 0.551. The average Bonchev–Trinajstić information content (AvgIpc) is 2.82. The van der Waals surface area contributed by atoms with Crippen LogP contribution in [0.4, 0.5) is 4.79 Å². The molecule has 218 valence electrons. The number of aliphatic hydroxyl groups excluding tert-OH is 1. The molecular formula is C26H46N4O6S2. The van der Waals surface area contributed by atoms with Crippen molar-refractivity contribution in [3.05, 3.63) is 12.2 Å². The molecule has 1 aliphatic rings. The first-order valence-corrected chi connectivity index (χ1v) is 15.5. The van der Waals surface area contributed by atoms with E-state index in [1.54, 1.807) is 46.4 Å². The molecule has 0 bridgehead atoms. The molecule has 0 fully saturated rings. The Morgan fingerprint density at radius 3 is 2.37 bits per heavy atom. The lowest BCUT2D eigenvalue weighted by Gasteiger charge is -2.28. The highest BCUT2D eigenvalue weighted by molar-refractivity contribution is 7.99. The van der Waals surface area contributed by atoms with Gasteiger partial charge in [-0.2, -0.15) is 23.5 Å². The molecule has 0 aliphatic carbocycles. The number of carbonyl (C=O) groups is 4. The van der Waals surface area contributed by atoms with Crippen LogP contribution in [-0.4, -0.2) is 88.3 Å². The Balaban J connectivity index is 2.90. The predicted octanol–water partition coefficient (Wildman–Crippen LogP) is 2.21. The number of unbranched alkanes of at least 4 members (excludes halogenated alkanes) is 1. The molecule has 38 heavy (non-hydrogen) atoms. The van der Waals surface area contributed by atoms with E-state index in [1.807, 2.05) is 19.1 Å². The lowest BCUT2D eigenvalue weighted by Crippen LogP contribution is -2.56.